The van der Waals surface area contributed by atoms with Crippen molar-refractivity contribution < 1.29 is 19.1 Å². The molecule has 2 amide bonds. The molecule has 1 heterocycles. The summed E-state index contributed by atoms with van der Waals surface area (Å²) >= 11 is 6.16. The van der Waals surface area contributed by atoms with Gasteiger partial charge in [0.05, 0.1) is 0 Å². The third-order valence-electron chi connectivity index (χ3n) is 5.10. The van der Waals surface area contributed by atoms with Crippen molar-refractivity contribution in [2.24, 2.45) is 0 Å². The number of nitrogens with zero attached hydrogens (tertiary/aromatic N) is 2. The second-order valence-corrected chi connectivity index (χ2v) is 7.63. The van der Waals surface area contributed by atoms with Gasteiger partial charge in [-0.15, -0.1) is 0 Å². The topological polar surface area (TPSA) is 79.6 Å². The van der Waals surface area contributed by atoms with Crippen LogP contribution in [0.1, 0.15) is 24.5 Å². The van der Waals surface area contributed by atoms with E-state index in [9.17, 15) is 14.9 Å². The second kappa shape index (κ2) is 10.8. The lowest BCUT2D eigenvalue weighted by atomic mass is 9.93. The highest BCUT2D eigenvalue weighted by Gasteiger charge is 2.34. The van der Waals surface area contributed by atoms with Crippen molar-refractivity contribution in [1.82, 2.24) is 4.90 Å². The molecule has 3 rings (SSSR count). The van der Waals surface area contributed by atoms with Gasteiger partial charge in [0.15, 0.2) is 0 Å². The molecule has 0 bridgehead atoms. The van der Waals surface area contributed by atoms with Crippen LogP contribution in [0.25, 0.3) is 6.08 Å². The highest BCUT2D eigenvalue weighted by atomic mass is 35.5. The summed E-state index contributed by atoms with van der Waals surface area (Å²) in [6, 6.07) is 16.6. The molecule has 1 aliphatic heterocycles. The van der Waals surface area contributed by atoms with Crippen molar-refractivity contribution in [3.63, 3.8) is 0 Å². The summed E-state index contributed by atoms with van der Waals surface area (Å²) in [7, 11) is 1.55. The van der Waals surface area contributed by atoms with Gasteiger partial charge in [0.25, 0.3) is 11.8 Å². The Bertz CT molecular complexity index is 1110. The first-order valence-corrected chi connectivity index (χ1v) is 10.5. The fourth-order valence-electron chi connectivity index (χ4n) is 3.30. The molecule has 2 aromatic carbocycles. The van der Waals surface area contributed by atoms with E-state index >= 15 is 0 Å². The summed E-state index contributed by atoms with van der Waals surface area (Å²) in [5, 5.41) is 10.1. The molecule has 6 nitrogen and oxygen atoms in total. The van der Waals surface area contributed by atoms with E-state index in [-0.39, 0.29) is 12.1 Å². The van der Waals surface area contributed by atoms with E-state index in [1.807, 2.05) is 42.5 Å². The SMILES string of the molecule is COCCCN1C(=O)C(C#N)=C(C)/C(=C\c2ccc(OCc3ccccc3Cl)cc2)C1=O. The zero-order valence-corrected chi connectivity index (χ0v) is 18.7. The highest BCUT2D eigenvalue weighted by molar-refractivity contribution is 6.31. The molecule has 0 fully saturated rings. The van der Waals surface area contributed by atoms with Crippen molar-refractivity contribution in [2.75, 3.05) is 20.3 Å². The monoisotopic (exact) mass is 450 g/mol. The minimum atomic E-state index is -0.563. The van der Waals surface area contributed by atoms with Gasteiger partial charge in [-0.25, -0.2) is 0 Å². The Hall–Kier alpha value is -3.40. The molecule has 0 saturated heterocycles. The molecule has 0 aliphatic carbocycles. The van der Waals surface area contributed by atoms with Crippen LogP contribution in [0.15, 0.2) is 65.3 Å². The van der Waals surface area contributed by atoms with Crippen LogP contribution in [0, 0.1) is 11.3 Å². The van der Waals surface area contributed by atoms with E-state index in [0.29, 0.717) is 41.6 Å². The lowest BCUT2D eigenvalue weighted by molar-refractivity contribution is -0.140. The highest BCUT2D eigenvalue weighted by Crippen LogP contribution is 2.28. The summed E-state index contributed by atoms with van der Waals surface area (Å²) in [4.78, 5) is 26.6. The number of ether oxygens (including phenoxy) is 2. The first kappa shape index (κ1) is 23.3. The summed E-state index contributed by atoms with van der Waals surface area (Å²) in [6.45, 7) is 2.56. The number of benzene rings is 2. The number of methoxy groups -OCH3 is 1. The van der Waals surface area contributed by atoms with Crippen molar-refractivity contribution in [3.05, 3.63) is 81.4 Å². The Morgan fingerprint density at radius 3 is 2.47 bits per heavy atom. The lowest BCUT2D eigenvalue weighted by Gasteiger charge is -2.27. The van der Waals surface area contributed by atoms with E-state index in [1.54, 1.807) is 32.2 Å². The van der Waals surface area contributed by atoms with Crippen LogP contribution >= 0.6 is 11.6 Å². The fraction of sp³-hybridized carbons (Fsp3) is 0.240. The summed E-state index contributed by atoms with van der Waals surface area (Å²) in [6.07, 6.45) is 2.18. The maximum Gasteiger partial charge on any atom is 0.271 e. The maximum absolute atomic E-state index is 13.0. The number of nitriles is 1. The first-order valence-electron chi connectivity index (χ1n) is 10.1. The van der Waals surface area contributed by atoms with Crippen LogP contribution in [0.2, 0.25) is 5.02 Å². The van der Waals surface area contributed by atoms with Gasteiger partial charge in [0.2, 0.25) is 0 Å². The zero-order valence-electron chi connectivity index (χ0n) is 17.9. The van der Waals surface area contributed by atoms with Crippen molar-refractivity contribution in [3.8, 4) is 11.8 Å². The summed E-state index contributed by atoms with van der Waals surface area (Å²) in [5.74, 6) is -0.323. The van der Waals surface area contributed by atoms with Crippen LogP contribution in [0.5, 0.6) is 5.75 Å². The quantitative estimate of drug-likeness (QED) is 0.335. The first-order chi connectivity index (χ1) is 15.5. The zero-order chi connectivity index (χ0) is 23.1. The van der Waals surface area contributed by atoms with E-state index in [1.165, 1.54) is 0 Å². The Balaban J connectivity index is 1.80. The largest absolute Gasteiger partial charge is 0.489 e. The smallest absolute Gasteiger partial charge is 0.271 e. The molecule has 0 unspecified atom stereocenters. The Kier molecular flexibility index (Phi) is 7.82. The number of carbonyl (C=O) groups is 2. The van der Waals surface area contributed by atoms with Crippen molar-refractivity contribution in [2.45, 2.75) is 20.0 Å². The molecule has 1 aliphatic rings. The van der Waals surface area contributed by atoms with Gasteiger partial charge in [-0.2, -0.15) is 5.26 Å². The van der Waals surface area contributed by atoms with Gasteiger partial charge in [0, 0.05) is 36.4 Å². The van der Waals surface area contributed by atoms with Crippen molar-refractivity contribution >= 4 is 29.5 Å². The van der Waals surface area contributed by atoms with Gasteiger partial charge in [-0.3, -0.25) is 14.5 Å². The van der Waals surface area contributed by atoms with Crippen LogP contribution in [0.4, 0.5) is 0 Å². The third kappa shape index (κ3) is 5.25. The van der Waals surface area contributed by atoms with Crippen LogP contribution in [-0.4, -0.2) is 37.0 Å². The van der Waals surface area contributed by atoms with Gasteiger partial charge < -0.3 is 9.47 Å². The number of rotatable bonds is 8. The predicted molar refractivity (Wildman–Crippen MR) is 122 cm³/mol. The number of hydrogen-bond donors (Lipinski definition) is 0. The van der Waals surface area contributed by atoms with Gasteiger partial charge in [-0.1, -0.05) is 41.9 Å². The van der Waals surface area contributed by atoms with Gasteiger partial charge in [0.1, 0.15) is 24.0 Å². The van der Waals surface area contributed by atoms with Gasteiger partial charge in [-0.05, 0) is 48.8 Å². The Morgan fingerprint density at radius 1 is 1.09 bits per heavy atom. The minimum Gasteiger partial charge on any atom is -0.489 e. The average molecular weight is 451 g/mol. The predicted octanol–water partition coefficient (Wildman–Crippen LogP) is 4.55. The number of hydrogen-bond acceptors (Lipinski definition) is 5. The van der Waals surface area contributed by atoms with Crippen LogP contribution in [0.3, 0.4) is 0 Å². The lowest BCUT2D eigenvalue weighted by Crippen LogP contribution is -2.43. The maximum atomic E-state index is 13.0. The molecule has 0 N–H and O–H groups in total. The van der Waals surface area contributed by atoms with E-state index < -0.39 is 11.8 Å². The number of amides is 2. The molecule has 2 aromatic rings. The standard InChI is InChI=1S/C25H23ClN2O4/c1-17-21(24(29)28(12-5-13-31-2)25(30)22(17)15-27)14-18-8-10-20(11-9-18)32-16-19-6-3-4-7-23(19)26/h3-4,6-11,14H,5,12-13,16H2,1-2H3/b21-14+. The number of carbonyl (C=O) groups excluding carboxylic acids is 2. The summed E-state index contributed by atoms with van der Waals surface area (Å²) < 4.78 is 10.8. The second-order valence-electron chi connectivity index (χ2n) is 7.23. The minimum absolute atomic E-state index is 0.0204. The van der Waals surface area contributed by atoms with E-state index in [2.05, 4.69) is 0 Å². The van der Waals surface area contributed by atoms with Crippen LogP contribution < -0.4 is 4.74 Å². The van der Waals surface area contributed by atoms with E-state index in [0.717, 1.165) is 16.0 Å². The van der Waals surface area contributed by atoms with E-state index in [4.69, 9.17) is 21.1 Å². The Morgan fingerprint density at radius 2 is 1.81 bits per heavy atom. The molecule has 0 aromatic heterocycles. The molecule has 0 spiro atoms. The molecule has 7 heteroatoms. The number of imide groups is 1. The van der Waals surface area contributed by atoms with Crippen molar-refractivity contribution in [1.29, 1.82) is 5.26 Å². The fourth-order valence-corrected chi connectivity index (χ4v) is 3.49. The number of halogens is 1. The Labute approximate surface area is 192 Å². The normalized spacial score (nSPS) is 15.3. The molecule has 0 radical (unpaired) electrons. The summed E-state index contributed by atoms with van der Waals surface area (Å²) in [5.41, 5.74) is 2.32. The van der Waals surface area contributed by atoms with Crippen LogP contribution in [-0.2, 0) is 20.9 Å². The molecule has 164 valence electrons. The third-order valence-corrected chi connectivity index (χ3v) is 5.47. The average Bonchev–Trinajstić information content (AvgIpc) is 2.79. The molecular weight excluding hydrogens is 428 g/mol. The molecule has 32 heavy (non-hydrogen) atoms. The molecule has 0 atom stereocenters. The molecule has 0 saturated carbocycles. The van der Waals surface area contributed by atoms with Gasteiger partial charge >= 0.3 is 0 Å². The molecular formula is C25H23ClN2O4.